The fourth-order valence-electron chi connectivity index (χ4n) is 5.56. The molecule has 5 rings (SSSR count). The number of Topliss-reactive ketones (excluding diaryl/α,β-unsaturated/α-hetero) is 2. The quantitative estimate of drug-likeness (QED) is 0.141. The molecule has 1 aromatic carbocycles. The Balaban J connectivity index is 0.000000303. The van der Waals surface area contributed by atoms with Gasteiger partial charge < -0.3 is 4.74 Å². The fourth-order valence-corrected chi connectivity index (χ4v) is 5.56. The summed E-state index contributed by atoms with van der Waals surface area (Å²) in [6.07, 6.45) is 16.5. The van der Waals surface area contributed by atoms with E-state index in [9.17, 15) is 9.59 Å². The first-order chi connectivity index (χ1) is 23.7. The van der Waals surface area contributed by atoms with Crippen molar-refractivity contribution in [2.75, 3.05) is 20.2 Å². The van der Waals surface area contributed by atoms with Crippen LogP contribution in [-0.4, -0.2) is 51.4 Å². The maximum absolute atomic E-state index is 11.5. The molecule has 0 bridgehead atoms. The Morgan fingerprint density at radius 2 is 1.67 bits per heavy atom. The Hall–Kier alpha value is -4.10. The number of hydrogen-bond donors (Lipinski definition) is 0. The standard InChI is InChI=1S/C21H24N4O.C13H20O.C6H10O.C2H6/c1-3-16-7-6-9-20(21(16)26-2)17-11-23-25(12-17)19-14-24(15-19)13-18-8-4-5-10-22-18;1-6-10(4)9-11(5)12(7-2)13(14)8-3;1-2-6(7)5-3-4-5;1-2/h4-12,19H,3,13-15H2,1-2H3;6-7,9H,8H2,1-5H3;5H,2-4H2,1H3;1-2H3/b;10-6-,11-9-,12-7+;;. The van der Waals surface area contributed by atoms with Gasteiger partial charge in [0.15, 0.2) is 5.78 Å². The molecule has 2 aromatic heterocycles. The molecule has 266 valence electrons. The molecule has 2 fully saturated rings. The average Bonchev–Trinajstić information content (AvgIpc) is 3.87. The van der Waals surface area contributed by atoms with Crippen LogP contribution < -0.4 is 4.74 Å². The lowest BCUT2D eigenvalue weighted by Gasteiger charge is -2.38. The first-order valence-electron chi connectivity index (χ1n) is 18.1. The van der Waals surface area contributed by atoms with Crippen LogP contribution >= 0.6 is 0 Å². The van der Waals surface area contributed by atoms with Crippen LogP contribution in [-0.2, 0) is 22.6 Å². The monoisotopic (exact) mass is 668 g/mol. The van der Waals surface area contributed by atoms with E-state index >= 15 is 0 Å². The number of rotatable bonds is 12. The number of allylic oxidation sites excluding steroid dienone is 6. The average molecular weight is 669 g/mol. The zero-order valence-corrected chi connectivity index (χ0v) is 31.8. The van der Waals surface area contributed by atoms with Gasteiger partial charge in [0.1, 0.15) is 11.5 Å². The third-order valence-corrected chi connectivity index (χ3v) is 8.63. The highest BCUT2D eigenvalue weighted by Gasteiger charge is 2.29. The molecule has 3 aromatic rings. The van der Waals surface area contributed by atoms with Crippen LogP contribution in [0.15, 0.2) is 89.9 Å². The number of aryl methyl sites for hydroxylation is 1. The summed E-state index contributed by atoms with van der Waals surface area (Å²) in [5.74, 6) is 2.11. The third-order valence-electron chi connectivity index (χ3n) is 8.63. The molecule has 7 heteroatoms. The van der Waals surface area contributed by atoms with Gasteiger partial charge in [-0.3, -0.25) is 24.2 Å². The van der Waals surface area contributed by atoms with Crippen LogP contribution in [0.5, 0.6) is 5.75 Å². The lowest BCUT2D eigenvalue weighted by atomic mass is 9.99. The van der Waals surface area contributed by atoms with Crippen molar-refractivity contribution in [2.45, 2.75) is 107 Å². The summed E-state index contributed by atoms with van der Waals surface area (Å²) in [7, 11) is 1.74. The van der Waals surface area contributed by atoms with Crippen molar-refractivity contribution in [1.29, 1.82) is 0 Å². The predicted molar refractivity (Wildman–Crippen MR) is 204 cm³/mol. The van der Waals surface area contributed by atoms with E-state index in [0.717, 1.165) is 79.0 Å². The van der Waals surface area contributed by atoms with Gasteiger partial charge in [0.2, 0.25) is 0 Å². The van der Waals surface area contributed by atoms with E-state index < -0.39 is 0 Å². The summed E-state index contributed by atoms with van der Waals surface area (Å²) >= 11 is 0. The predicted octanol–water partition coefficient (Wildman–Crippen LogP) is 9.80. The Labute approximate surface area is 296 Å². The number of para-hydroxylation sites is 1. The molecule has 3 heterocycles. The van der Waals surface area contributed by atoms with E-state index in [0.29, 0.717) is 24.2 Å². The lowest BCUT2D eigenvalue weighted by Crippen LogP contribution is -2.47. The van der Waals surface area contributed by atoms with Crippen molar-refractivity contribution in [3.8, 4) is 16.9 Å². The largest absolute Gasteiger partial charge is 0.496 e. The molecule has 0 radical (unpaired) electrons. The van der Waals surface area contributed by atoms with Crippen molar-refractivity contribution < 1.29 is 14.3 Å². The first kappa shape index (κ1) is 41.1. The highest BCUT2D eigenvalue weighted by molar-refractivity contribution is 5.99. The minimum Gasteiger partial charge on any atom is -0.496 e. The number of carbonyl (C=O) groups excluding carboxylic acids is 2. The number of nitrogens with zero attached hydrogens (tertiary/aromatic N) is 4. The zero-order valence-electron chi connectivity index (χ0n) is 31.8. The Bertz CT molecular complexity index is 1540. The number of hydrogen-bond acceptors (Lipinski definition) is 6. The molecular formula is C42H60N4O3. The van der Waals surface area contributed by atoms with Crippen molar-refractivity contribution in [1.82, 2.24) is 19.7 Å². The van der Waals surface area contributed by atoms with Crippen molar-refractivity contribution >= 4 is 11.6 Å². The Kier molecular flexibility index (Phi) is 18.3. The van der Waals surface area contributed by atoms with E-state index in [1.807, 2.05) is 98.1 Å². The van der Waals surface area contributed by atoms with Gasteiger partial charge >= 0.3 is 0 Å². The second kappa shape index (κ2) is 21.8. The third kappa shape index (κ3) is 12.7. The summed E-state index contributed by atoms with van der Waals surface area (Å²) in [4.78, 5) is 28.9. The number of carbonyl (C=O) groups is 2. The molecule has 2 aliphatic rings. The van der Waals surface area contributed by atoms with Crippen LogP contribution in [0.4, 0.5) is 0 Å². The minimum atomic E-state index is 0.213. The first-order valence-corrected chi connectivity index (χ1v) is 18.1. The summed E-state index contributed by atoms with van der Waals surface area (Å²) < 4.78 is 7.75. The van der Waals surface area contributed by atoms with Crippen molar-refractivity contribution in [3.05, 3.63) is 101 Å². The van der Waals surface area contributed by atoms with Crippen LogP contribution in [0.1, 0.15) is 105 Å². The Morgan fingerprint density at radius 3 is 2.18 bits per heavy atom. The van der Waals surface area contributed by atoms with Gasteiger partial charge in [-0.25, -0.2) is 0 Å². The van der Waals surface area contributed by atoms with Gasteiger partial charge in [0.05, 0.1) is 25.0 Å². The molecule has 0 atom stereocenters. The number of ketones is 2. The van der Waals surface area contributed by atoms with E-state index in [4.69, 9.17) is 4.74 Å². The highest BCUT2D eigenvalue weighted by Crippen LogP contribution is 2.34. The second-order valence-corrected chi connectivity index (χ2v) is 12.2. The van der Waals surface area contributed by atoms with E-state index in [2.05, 4.69) is 57.1 Å². The molecule has 1 saturated carbocycles. The summed E-state index contributed by atoms with van der Waals surface area (Å²) in [6.45, 7) is 20.8. The topological polar surface area (TPSA) is 77.3 Å². The number of pyridine rings is 1. The molecule has 0 unspecified atom stereocenters. The van der Waals surface area contributed by atoms with Crippen LogP contribution in [0.2, 0.25) is 0 Å². The van der Waals surface area contributed by atoms with Gasteiger partial charge in [0.25, 0.3) is 0 Å². The van der Waals surface area contributed by atoms with Crippen LogP contribution in [0, 0.1) is 5.92 Å². The van der Waals surface area contributed by atoms with Gasteiger partial charge in [-0.1, -0.05) is 82.7 Å². The number of likely N-dealkylation sites (tertiary alicyclic amines) is 1. The maximum atomic E-state index is 11.5. The maximum Gasteiger partial charge on any atom is 0.162 e. The Morgan fingerprint density at radius 1 is 0.959 bits per heavy atom. The molecule has 1 aliphatic heterocycles. The van der Waals surface area contributed by atoms with Crippen molar-refractivity contribution in [3.63, 3.8) is 0 Å². The normalized spacial score (nSPS) is 15.0. The molecule has 1 saturated heterocycles. The highest BCUT2D eigenvalue weighted by atomic mass is 16.5. The molecule has 0 N–H and O–H groups in total. The fraction of sp³-hybridized carbons (Fsp3) is 0.476. The number of methoxy groups -OCH3 is 1. The smallest absolute Gasteiger partial charge is 0.162 e. The summed E-state index contributed by atoms with van der Waals surface area (Å²) in [6, 6.07) is 12.8. The molecule has 0 amide bonds. The second-order valence-electron chi connectivity index (χ2n) is 12.2. The zero-order chi connectivity index (χ0) is 36.3. The molecule has 49 heavy (non-hydrogen) atoms. The van der Waals surface area contributed by atoms with Crippen molar-refractivity contribution in [2.24, 2.45) is 5.92 Å². The van der Waals surface area contributed by atoms with Gasteiger partial charge in [-0.15, -0.1) is 0 Å². The number of ether oxygens (including phenoxy) is 1. The van der Waals surface area contributed by atoms with E-state index in [-0.39, 0.29) is 5.78 Å². The van der Waals surface area contributed by atoms with Gasteiger partial charge in [0, 0.05) is 67.5 Å². The van der Waals surface area contributed by atoms with E-state index in [1.54, 1.807) is 7.11 Å². The SMILES string of the molecule is CC.CCC(=O)C1CC1.CCc1cccc(-c2cnn(C3CN(Cc4ccccn4)C3)c2)c1OC.C\C=C(C)/C=C(C)\C(=C/C)C(=O)CC. The lowest BCUT2D eigenvalue weighted by molar-refractivity contribution is -0.120. The molecule has 0 spiro atoms. The van der Waals surface area contributed by atoms with Gasteiger partial charge in [-0.2, -0.15) is 5.10 Å². The van der Waals surface area contributed by atoms with Crippen LogP contribution in [0.25, 0.3) is 11.1 Å². The molecular weight excluding hydrogens is 608 g/mol. The van der Waals surface area contributed by atoms with Gasteiger partial charge in [-0.05, 0) is 70.2 Å². The molecule has 7 nitrogen and oxygen atoms in total. The van der Waals surface area contributed by atoms with E-state index in [1.165, 1.54) is 11.1 Å². The summed E-state index contributed by atoms with van der Waals surface area (Å²) in [5.41, 5.74) is 7.65. The number of aromatic nitrogens is 3. The summed E-state index contributed by atoms with van der Waals surface area (Å²) in [5, 5.41) is 4.61. The van der Waals surface area contributed by atoms with Crippen LogP contribution in [0.3, 0.4) is 0 Å². The minimum absolute atomic E-state index is 0.213. The number of benzene rings is 1. The molecule has 1 aliphatic carbocycles.